The van der Waals surface area contributed by atoms with E-state index in [2.05, 4.69) is 27.9 Å². The van der Waals surface area contributed by atoms with Gasteiger partial charge in [-0.05, 0) is 45.4 Å². The maximum absolute atomic E-state index is 5.75. The minimum Gasteiger partial charge on any atom is -0.464 e. The maximum Gasteiger partial charge on any atom is 0.126 e. The van der Waals surface area contributed by atoms with Gasteiger partial charge in [-0.2, -0.15) is 0 Å². The highest BCUT2D eigenvalue weighted by molar-refractivity contribution is 5.15. The molecule has 0 bridgehead atoms. The Morgan fingerprint density at radius 2 is 2.37 bits per heavy atom. The Morgan fingerprint density at radius 3 is 3.05 bits per heavy atom. The summed E-state index contributed by atoms with van der Waals surface area (Å²) in [4.78, 5) is 4.34. The van der Waals surface area contributed by atoms with Gasteiger partial charge in [0.25, 0.3) is 0 Å². The molecule has 2 atom stereocenters. The fraction of sp³-hybridized carbons (Fsp3) is 0.533. The van der Waals surface area contributed by atoms with Crippen LogP contribution in [0.3, 0.4) is 0 Å². The zero-order valence-electron chi connectivity index (χ0n) is 11.6. The molecule has 102 valence electrons. The third-order valence-corrected chi connectivity index (χ3v) is 4.00. The number of hydrogen-bond acceptors (Lipinski definition) is 3. The van der Waals surface area contributed by atoms with Crippen molar-refractivity contribution in [3.63, 3.8) is 0 Å². The average Bonchev–Trinajstić information content (AvgIpc) is 3.07. The van der Waals surface area contributed by atoms with Crippen LogP contribution < -0.4 is 5.32 Å². The Balaban J connectivity index is 1.86. The largest absolute Gasteiger partial charge is 0.464 e. The highest BCUT2D eigenvalue weighted by Gasteiger charge is 2.22. The summed E-state index contributed by atoms with van der Waals surface area (Å²) in [7, 11) is 0. The van der Waals surface area contributed by atoms with Crippen LogP contribution in [-0.2, 0) is 0 Å². The van der Waals surface area contributed by atoms with E-state index in [9.17, 15) is 0 Å². The summed E-state index contributed by atoms with van der Waals surface area (Å²) >= 11 is 0. The normalized spacial score (nSPS) is 21.5. The molecule has 0 saturated carbocycles. The number of aromatic nitrogens is 2. The zero-order chi connectivity index (χ0) is 13.2. The quantitative estimate of drug-likeness (QED) is 0.921. The summed E-state index contributed by atoms with van der Waals surface area (Å²) < 4.78 is 7.99. The smallest absolute Gasteiger partial charge is 0.126 e. The fourth-order valence-corrected chi connectivity index (χ4v) is 2.87. The highest BCUT2D eigenvalue weighted by Crippen LogP contribution is 2.28. The molecule has 0 spiro atoms. The van der Waals surface area contributed by atoms with E-state index in [1.165, 1.54) is 18.5 Å². The molecule has 3 heterocycles. The van der Waals surface area contributed by atoms with E-state index in [0.717, 1.165) is 24.6 Å². The van der Waals surface area contributed by atoms with Gasteiger partial charge in [0.15, 0.2) is 0 Å². The summed E-state index contributed by atoms with van der Waals surface area (Å²) in [6.07, 6.45) is 6.41. The van der Waals surface area contributed by atoms with Crippen LogP contribution in [0.5, 0.6) is 0 Å². The molecule has 3 rings (SSSR count). The van der Waals surface area contributed by atoms with Crippen LogP contribution in [0.1, 0.15) is 48.9 Å². The summed E-state index contributed by atoms with van der Waals surface area (Å²) in [5, 5.41) is 3.47. The first-order chi connectivity index (χ1) is 9.25. The average molecular weight is 259 g/mol. The van der Waals surface area contributed by atoms with Crippen molar-refractivity contribution in [2.24, 2.45) is 0 Å². The van der Waals surface area contributed by atoms with Crippen LogP contribution in [0.4, 0.5) is 0 Å². The lowest BCUT2D eigenvalue weighted by Crippen LogP contribution is -2.30. The Bertz CT molecular complexity index is 537. The van der Waals surface area contributed by atoms with E-state index in [-0.39, 0.29) is 6.04 Å². The standard InChI is InChI=1S/C15H21N3O/c1-11-5-6-15(19-11)12(2)18-10-17-9-14(18)13-4-3-7-16-8-13/h5-6,9-10,12-13,16H,3-4,7-8H2,1-2H3. The van der Waals surface area contributed by atoms with E-state index in [1.54, 1.807) is 0 Å². The monoisotopic (exact) mass is 259 g/mol. The third kappa shape index (κ3) is 2.45. The number of aryl methyl sites for hydroxylation is 1. The van der Waals surface area contributed by atoms with Crippen LogP contribution in [0, 0.1) is 6.92 Å². The molecule has 2 aromatic rings. The molecule has 0 amide bonds. The molecule has 1 N–H and O–H groups in total. The fourth-order valence-electron chi connectivity index (χ4n) is 2.87. The maximum atomic E-state index is 5.75. The molecule has 0 aromatic carbocycles. The molecule has 1 saturated heterocycles. The Morgan fingerprint density at radius 1 is 1.47 bits per heavy atom. The van der Waals surface area contributed by atoms with E-state index >= 15 is 0 Å². The number of nitrogens with zero attached hydrogens (tertiary/aromatic N) is 2. The first kappa shape index (κ1) is 12.5. The molecule has 0 radical (unpaired) electrons. The summed E-state index contributed by atoms with van der Waals surface area (Å²) in [5.74, 6) is 2.53. The molecule has 4 heteroatoms. The zero-order valence-corrected chi connectivity index (χ0v) is 11.6. The minimum atomic E-state index is 0.202. The molecule has 0 aliphatic carbocycles. The van der Waals surface area contributed by atoms with Crippen LogP contribution in [0.15, 0.2) is 29.1 Å². The minimum absolute atomic E-state index is 0.202. The lowest BCUT2D eigenvalue weighted by molar-refractivity contribution is 0.400. The first-order valence-electron chi connectivity index (χ1n) is 7.04. The molecule has 2 aromatic heterocycles. The van der Waals surface area contributed by atoms with Gasteiger partial charge in [-0.25, -0.2) is 4.98 Å². The van der Waals surface area contributed by atoms with Gasteiger partial charge in [0.05, 0.1) is 12.4 Å². The lowest BCUT2D eigenvalue weighted by atomic mass is 9.96. The second-order valence-electron chi connectivity index (χ2n) is 5.39. The van der Waals surface area contributed by atoms with Crippen molar-refractivity contribution in [3.05, 3.63) is 41.9 Å². The topological polar surface area (TPSA) is 43.0 Å². The third-order valence-electron chi connectivity index (χ3n) is 4.00. The van der Waals surface area contributed by atoms with Crippen molar-refractivity contribution in [1.82, 2.24) is 14.9 Å². The summed E-state index contributed by atoms with van der Waals surface area (Å²) in [6.45, 7) is 6.34. The lowest BCUT2D eigenvalue weighted by Gasteiger charge is -2.25. The Kier molecular flexibility index (Phi) is 3.42. The number of nitrogens with one attached hydrogen (secondary N) is 1. The summed E-state index contributed by atoms with van der Waals surface area (Å²) in [5.41, 5.74) is 1.31. The number of imidazole rings is 1. The molecule has 19 heavy (non-hydrogen) atoms. The van der Waals surface area contributed by atoms with Gasteiger partial charge in [0.2, 0.25) is 0 Å². The van der Waals surface area contributed by atoms with Crippen LogP contribution in [0.25, 0.3) is 0 Å². The number of hydrogen-bond donors (Lipinski definition) is 1. The highest BCUT2D eigenvalue weighted by atomic mass is 16.3. The van der Waals surface area contributed by atoms with Crippen molar-refractivity contribution >= 4 is 0 Å². The van der Waals surface area contributed by atoms with Gasteiger partial charge in [0, 0.05) is 24.4 Å². The van der Waals surface area contributed by atoms with Gasteiger partial charge >= 0.3 is 0 Å². The summed E-state index contributed by atoms with van der Waals surface area (Å²) in [6, 6.07) is 4.28. The second-order valence-corrected chi connectivity index (χ2v) is 5.39. The first-order valence-corrected chi connectivity index (χ1v) is 7.04. The van der Waals surface area contributed by atoms with Crippen LogP contribution in [-0.4, -0.2) is 22.6 Å². The van der Waals surface area contributed by atoms with Crippen molar-refractivity contribution < 1.29 is 4.42 Å². The van der Waals surface area contributed by atoms with Crippen LogP contribution in [0.2, 0.25) is 0 Å². The van der Waals surface area contributed by atoms with Gasteiger partial charge in [0.1, 0.15) is 11.5 Å². The number of piperidine rings is 1. The van der Waals surface area contributed by atoms with E-state index in [0.29, 0.717) is 5.92 Å². The van der Waals surface area contributed by atoms with Crippen molar-refractivity contribution in [2.45, 2.75) is 38.6 Å². The van der Waals surface area contributed by atoms with Crippen molar-refractivity contribution in [2.75, 3.05) is 13.1 Å². The molecule has 4 nitrogen and oxygen atoms in total. The molecule has 1 fully saturated rings. The van der Waals surface area contributed by atoms with Gasteiger partial charge in [-0.1, -0.05) is 0 Å². The van der Waals surface area contributed by atoms with Gasteiger partial charge in [-0.15, -0.1) is 0 Å². The molecular weight excluding hydrogens is 238 g/mol. The predicted molar refractivity (Wildman–Crippen MR) is 74.3 cm³/mol. The Labute approximate surface area is 113 Å². The SMILES string of the molecule is Cc1ccc(C(C)n2cncc2C2CCCNC2)o1. The van der Waals surface area contributed by atoms with Crippen molar-refractivity contribution in [3.8, 4) is 0 Å². The number of rotatable bonds is 3. The number of furan rings is 1. The second kappa shape index (κ2) is 5.21. The van der Waals surface area contributed by atoms with Crippen molar-refractivity contribution in [1.29, 1.82) is 0 Å². The van der Waals surface area contributed by atoms with E-state index in [4.69, 9.17) is 4.42 Å². The molecular formula is C15H21N3O. The van der Waals surface area contributed by atoms with Crippen LogP contribution >= 0.6 is 0 Å². The molecule has 1 aliphatic rings. The van der Waals surface area contributed by atoms with E-state index in [1.807, 2.05) is 25.5 Å². The van der Waals surface area contributed by atoms with E-state index < -0.39 is 0 Å². The Hall–Kier alpha value is -1.55. The molecule has 1 aliphatic heterocycles. The predicted octanol–water partition coefficient (Wildman–Crippen LogP) is 2.86. The molecule has 2 unspecified atom stereocenters. The van der Waals surface area contributed by atoms with Gasteiger partial charge < -0.3 is 14.3 Å². The van der Waals surface area contributed by atoms with Gasteiger partial charge in [-0.3, -0.25) is 0 Å².